The summed E-state index contributed by atoms with van der Waals surface area (Å²) < 4.78 is 0. The molecule has 0 aliphatic carbocycles. The van der Waals surface area contributed by atoms with Gasteiger partial charge in [0, 0.05) is 24.9 Å². The molecule has 0 atom stereocenters. The first-order valence-electron chi connectivity index (χ1n) is 9.37. The average Bonchev–Trinajstić information content (AvgIpc) is 3.12. The van der Waals surface area contributed by atoms with Crippen molar-refractivity contribution in [3.8, 4) is 0 Å². The highest BCUT2D eigenvalue weighted by atomic mass is 35.5. The number of nitrogens with two attached hydrogens (primary N) is 1. The molecular formula is C20H30Cl2N4OS. The molecule has 0 radical (unpaired) electrons. The zero-order chi connectivity index (χ0) is 18.4. The predicted octanol–water partition coefficient (Wildman–Crippen LogP) is 3.65. The number of halogens is 2. The number of hydrogen-bond acceptors (Lipinski definition) is 5. The number of nitrogens with zero attached hydrogens (tertiary/aromatic N) is 2. The van der Waals surface area contributed by atoms with E-state index < -0.39 is 0 Å². The maximum Gasteiger partial charge on any atom is 0.271 e. The van der Waals surface area contributed by atoms with Gasteiger partial charge < -0.3 is 11.1 Å². The van der Waals surface area contributed by atoms with Crippen molar-refractivity contribution in [1.82, 2.24) is 15.2 Å². The molecule has 5 nitrogen and oxygen atoms in total. The smallest absolute Gasteiger partial charge is 0.271 e. The van der Waals surface area contributed by atoms with E-state index in [0.717, 1.165) is 29.5 Å². The molecule has 28 heavy (non-hydrogen) atoms. The molecule has 1 aromatic carbocycles. The number of rotatable bonds is 7. The van der Waals surface area contributed by atoms with Crippen molar-refractivity contribution in [3.63, 3.8) is 0 Å². The summed E-state index contributed by atoms with van der Waals surface area (Å²) in [5, 5.41) is 5.65. The molecule has 1 amide bonds. The SMILES string of the molecule is CC1CCN(Cc2ccc(CNC(=O)c3csc(CCN)n3)cc2)CC1.Cl.Cl. The van der Waals surface area contributed by atoms with Crippen LogP contribution in [0.5, 0.6) is 0 Å². The minimum Gasteiger partial charge on any atom is -0.347 e. The molecule has 1 saturated heterocycles. The Balaban J connectivity index is 0.00000196. The number of hydrogen-bond donors (Lipinski definition) is 2. The molecule has 3 rings (SSSR count). The van der Waals surface area contributed by atoms with Crippen LogP contribution in [0.3, 0.4) is 0 Å². The number of benzene rings is 1. The second kappa shape index (κ2) is 12.4. The van der Waals surface area contributed by atoms with E-state index in [9.17, 15) is 4.79 Å². The quantitative estimate of drug-likeness (QED) is 0.683. The Labute approximate surface area is 183 Å². The Morgan fingerprint density at radius 1 is 1.21 bits per heavy atom. The zero-order valence-electron chi connectivity index (χ0n) is 16.2. The summed E-state index contributed by atoms with van der Waals surface area (Å²) in [6, 6.07) is 8.54. The molecule has 1 fully saturated rings. The van der Waals surface area contributed by atoms with Crippen molar-refractivity contribution in [1.29, 1.82) is 0 Å². The Morgan fingerprint density at radius 3 is 2.50 bits per heavy atom. The molecule has 156 valence electrons. The van der Waals surface area contributed by atoms with Crippen LogP contribution in [0.15, 0.2) is 29.6 Å². The van der Waals surface area contributed by atoms with E-state index in [1.165, 1.54) is 42.8 Å². The fourth-order valence-corrected chi connectivity index (χ4v) is 3.96. The van der Waals surface area contributed by atoms with Gasteiger partial charge in [0.1, 0.15) is 5.69 Å². The molecule has 8 heteroatoms. The van der Waals surface area contributed by atoms with Gasteiger partial charge in [0.15, 0.2) is 0 Å². The van der Waals surface area contributed by atoms with Gasteiger partial charge in [-0.25, -0.2) is 4.98 Å². The molecule has 0 saturated carbocycles. The first-order chi connectivity index (χ1) is 12.6. The number of piperidine rings is 1. The Bertz CT molecular complexity index is 715. The fourth-order valence-electron chi connectivity index (χ4n) is 3.17. The summed E-state index contributed by atoms with van der Waals surface area (Å²) in [5.74, 6) is 0.734. The van der Waals surface area contributed by atoms with Crippen molar-refractivity contribution in [2.45, 2.75) is 39.3 Å². The standard InChI is InChI=1S/C20H28N4OS.2ClH/c1-15-7-10-24(11-8-15)13-17-4-2-16(3-5-17)12-22-20(25)18-14-26-19(23-18)6-9-21;;/h2-5,14-15H,6-13,21H2,1H3,(H,22,25);2*1H. The van der Waals surface area contributed by atoms with Crippen LogP contribution in [0.4, 0.5) is 0 Å². The number of amides is 1. The van der Waals surface area contributed by atoms with Crippen LogP contribution in [0, 0.1) is 5.92 Å². The van der Waals surface area contributed by atoms with Crippen LogP contribution in [-0.4, -0.2) is 35.4 Å². The molecule has 0 unspecified atom stereocenters. The molecule has 0 bridgehead atoms. The van der Waals surface area contributed by atoms with E-state index in [1.807, 2.05) is 0 Å². The van der Waals surface area contributed by atoms with Gasteiger partial charge in [0.2, 0.25) is 0 Å². The maximum atomic E-state index is 12.2. The van der Waals surface area contributed by atoms with E-state index in [4.69, 9.17) is 5.73 Å². The number of thiazole rings is 1. The van der Waals surface area contributed by atoms with E-state index in [-0.39, 0.29) is 30.7 Å². The monoisotopic (exact) mass is 444 g/mol. The van der Waals surface area contributed by atoms with Crippen LogP contribution < -0.4 is 11.1 Å². The highest BCUT2D eigenvalue weighted by Gasteiger charge is 2.15. The highest BCUT2D eigenvalue weighted by Crippen LogP contribution is 2.18. The van der Waals surface area contributed by atoms with E-state index >= 15 is 0 Å². The van der Waals surface area contributed by atoms with Gasteiger partial charge in [0.05, 0.1) is 5.01 Å². The van der Waals surface area contributed by atoms with Gasteiger partial charge in [-0.15, -0.1) is 36.2 Å². The lowest BCUT2D eigenvalue weighted by atomic mass is 9.99. The summed E-state index contributed by atoms with van der Waals surface area (Å²) in [6.45, 7) is 6.81. The van der Waals surface area contributed by atoms with Crippen molar-refractivity contribution >= 4 is 42.1 Å². The molecule has 0 spiro atoms. The fraction of sp³-hybridized carbons (Fsp3) is 0.500. The third kappa shape index (κ3) is 7.33. The largest absolute Gasteiger partial charge is 0.347 e. The number of carbonyl (C=O) groups is 1. The van der Waals surface area contributed by atoms with E-state index in [2.05, 4.69) is 46.4 Å². The van der Waals surface area contributed by atoms with Crippen molar-refractivity contribution < 1.29 is 4.79 Å². The average molecular weight is 445 g/mol. The Hall–Kier alpha value is -1.18. The maximum absolute atomic E-state index is 12.2. The van der Waals surface area contributed by atoms with Gasteiger partial charge in [-0.1, -0.05) is 31.2 Å². The second-order valence-corrected chi connectivity index (χ2v) is 8.07. The van der Waals surface area contributed by atoms with Crippen LogP contribution >= 0.6 is 36.2 Å². The van der Waals surface area contributed by atoms with E-state index in [0.29, 0.717) is 18.8 Å². The molecule has 2 aromatic rings. The van der Waals surface area contributed by atoms with Crippen LogP contribution in [-0.2, 0) is 19.5 Å². The molecule has 3 N–H and O–H groups in total. The lowest BCUT2D eigenvalue weighted by Gasteiger charge is -2.30. The normalized spacial score (nSPS) is 14.8. The minimum absolute atomic E-state index is 0. The van der Waals surface area contributed by atoms with Gasteiger partial charge in [0.25, 0.3) is 5.91 Å². The Morgan fingerprint density at radius 2 is 1.86 bits per heavy atom. The third-order valence-electron chi connectivity index (χ3n) is 4.90. The van der Waals surface area contributed by atoms with Crippen LogP contribution in [0.25, 0.3) is 0 Å². The molecule has 2 heterocycles. The Kier molecular flexibility index (Phi) is 11.0. The third-order valence-corrected chi connectivity index (χ3v) is 5.81. The summed E-state index contributed by atoms with van der Waals surface area (Å²) in [7, 11) is 0. The minimum atomic E-state index is -0.129. The molecule has 1 aliphatic heterocycles. The first-order valence-corrected chi connectivity index (χ1v) is 10.2. The summed E-state index contributed by atoms with van der Waals surface area (Å²) >= 11 is 1.49. The summed E-state index contributed by atoms with van der Waals surface area (Å²) in [6.07, 6.45) is 3.32. The van der Waals surface area contributed by atoms with Crippen molar-refractivity contribution in [3.05, 3.63) is 51.5 Å². The summed E-state index contributed by atoms with van der Waals surface area (Å²) in [4.78, 5) is 19.0. The van der Waals surface area contributed by atoms with Gasteiger partial charge in [-0.2, -0.15) is 0 Å². The summed E-state index contributed by atoms with van der Waals surface area (Å²) in [5.41, 5.74) is 8.44. The molecular weight excluding hydrogens is 415 g/mol. The van der Waals surface area contributed by atoms with Gasteiger partial charge >= 0.3 is 0 Å². The number of carbonyl (C=O) groups excluding carboxylic acids is 1. The number of likely N-dealkylation sites (tertiary alicyclic amines) is 1. The molecule has 1 aliphatic rings. The lowest BCUT2D eigenvalue weighted by molar-refractivity contribution is 0.0946. The second-order valence-electron chi connectivity index (χ2n) is 7.12. The number of aromatic nitrogens is 1. The van der Waals surface area contributed by atoms with E-state index in [1.54, 1.807) is 5.38 Å². The van der Waals surface area contributed by atoms with Crippen LogP contribution in [0.1, 0.15) is 46.4 Å². The molecule has 1 aromatic heterocycles. The van der Waals surface area contributed by atoms with Gasteiger partial charge in [-0.3, -0.25) is 9.69 Å². The lowest BCUT2D eigenvalue weighted by Crippen LogP contribution is -2.32. The first kappa shape index (κ1) is 24.9. The predicted molar refractivity (Wildman–Crippen MR) is 121 cm³/mol. The van der Waals surface area contributed by atoms with Gasteiger partial charge in [-0.05, 0) is 49.5 Å². The van der Waals surface area contributed by atoms with Crippen LogP contribution in [0.2, 0.25) is 0 Å². The van der Waals surface area contributed by atoms with Crippen molar-refractivity contribution in [2.75, 3.05) is 19.6 Å². The van der Waals surface area contributed by atoms with Crippen molar-refractivity contribution in [2.24, 2.45) is 11.7 Å². The topological polar surface area (TPSA) is 71.2 Å². The highest BCUT2D eigenvalue weighted by molar-refractivity contribution is 7.09. The zero-order valence-corrected chi connectivity index (χ0v) is 18.7. The number of nitrogens with one attached hydrogen (secondary N) is 1.